The van der Waals surface area contributed by atoms with Gasteiger partial charge in [0.1, 0.15) is 24.4 Å². The quantitative estimate of drug-likeness (QED) is 0.631. The van der Waals surface area contributed by atoms with Crippen molar-refractivity contribution in [3.63, 3.8) is 0 Å². The van der Waals surface area contributed by atoms with Gasteiger partial charge in [-0.3, -0.25) is 4.79 Å². The number of hydrogen-bond acceptors (Lipinski definition) is 5. The highest BCUT2D eigenvalue weighted by molar-refractivity contribution is 5.84. The average Bonchev–Trinajstić information content (AvgIpc) is 3.03. The van der Waals surface area contributed by atoms with Crippen molar-refractivity contribution in [1.82, 2.24) is 10.2 Å². The fourth-order valence-electron chi connectivity index (χ4n) is 3.44. The van der Waals surface area contributed by atoms with Gasteiger partial charge in [0, 0.05) is 13.1 Å². The summed E-state index contributed by atoms with van der Waals surface area (Å²) in [6.45, 7) is 8.52. The van der Waals surface area contributed by atoms with Crippen LogP contribution in [-0.2, 0) is 25.6 Å². The first-order valence-electron chi connectivity index (χ1n) is 10.6. The number of alkyl halides is 1. The lowest BCUT2D eigenvalue weighted by Crippen LogP contribution is -2.49. The minimum atomic E-state index is -1.19. The van der Waals surface area contributed by atoms with Crippen molar-refractivity contribution in [2.24, 2.45) is 11.8 Å². The number of alkyl carbamates (subject to hydrolysis) is 1. The van der Waals surface area contributed by atoms with E-state index >= 15 is 0 Å². The molecule has 2 unspecified atom stereocenters. The minimum absolute atomic E-state index is 0.236. The number of hydrogen-bond donors (Lipinski definition) is 1. The van der Waals surface area contributed by atoms with E-state index in [1.807, 2.05) is 30.3 Å². The second-order valence-corrected chi connectivity index (χ2v) is 9.14. The van der Waals surface area contributed by atoms with Crippen LogP contribution in [0.1, 0.15) is 46.6 Å². The van der Waals surface area contributed by atoms with E-state index < -0.39 is 42.4 Å². The lowest BCUT2D eigenvalue weighted by Gasteiger charge is -2.27. The van der Waals surface area contributed by atoms with Gasteiger partial charge in [-0.1, -0.05) is 44.2 Å². The Morgan fingerprint density at radius 1 is 1.23 bits per heavy atom. The Bertz CT molecular complexity index is 763. The van der Waals surface area contributed by atoms with Crippen molar-refractivity contribution in [3.8, 4) is 0 Å². The lowest BCUT2D eigenvalue weighted by molar-refractivity contribution is -0.158. The normalized spacial score (nSPS) is 18.6. The van der Waals surface area contributed by atoms with E-state index in [1.165, 1.54) is 0 Å². The summed E-state index contributed by atoms with van der Waals surface area (Å²) in [5, 5.41) is 2.49. The molecule has 1 aromatic carbocycles. The lowest BCUT2D eigenvalue weighted by atomic mass is 10.0. The molecule has 0 aliphatic carbocycles. The monoisotopic (exact) mass is 436 g/mol. The number of esters is 1. The molecular weight excluding hydrogens is 403 g/mol. The predicted octanol–water partition coefficient (Wildman–Crippen LogP) is 3.47. The van der Waals surface area contributed by atoms with E-state index in [-0.39, 0.29) is 11.8 Å². The van der Waals surface area contributed by atoms with Gasteiger partial charge in [-0.15, -0.1) is 0 Å². The molecule has 1 heterocycles. The van der Waals surface area contributed by atoms with Crippen LogP contribution in [0.15, 0.2) is 30.3 Å². The molecule has 1 aliphatic rings. The number of amides is 2. The van der Waals surface area contributed by atoms with Crippen LogP contribution < -0.4 is 5.32 Å². The Morgan fingerprint density at radius 2 is 1.87 bits per heavy atom. The van der Waals surface area contributed by atoms with Crippen LogP contribution in [0.25, 0.3) is 0 Å². The van der Waals surface area contributed by atoms with E-state index in [1.54, 1.807) is 39.5 Å². The fraction of sp³-hybridized carbons (Fsp3) is 0.609. The standard InChI is InChI=1S/C23H33FN2O5/c1-15(2)19(25-22(29)31-23(3,4)5)21(28)30-18(13-24)17-11-12-26(20(17)27)14-16-9-7-6-8-10-16/h6-10,15,17-19H,11-14H2,1-5H3,(H,25,29)/t17?,18?,19-/m0/s1. The summed E-state index contributed by atoms with van der Waals surface area (Å²) in [6.07, 6.45) is -1.55. The van der Waals surface area contributed by atoms with Gasteiger partial charge in [0.15, 0.2) is 0 Å². The van der Waals surface area contributed by atoms with Crippen LogP contribution in [0.2, 0.25) is 0 Å². The molecule has 1 saturated heterocycles. The topological polar surface area (TPSA) is 84.9 Å². The van der Waals surface area contributed by atoms with Gasteiger partial charge >= 0.3 is 12.1 Å². The molecule has 1 N–H and O–H groups in total. The Hall–Kier alpha value is -2.64. The number of carbonyl (C=O) groups is 3. The molecule has 0 bridgehead atoms. The summed E-state index contributed by atoms with van der Waals surface area (Å²) in [5.41, 5.74) is 0.252. The third kappa shape index (κ3) is 7.22. The molecule has 1 fully saturated rings. The summed E-state index contributed by atoms with van der Waals surface area (Å²) < 4.78 is 24.4. The maximum Gasteiger partial charge on any atom is 0.408 e. The SMILES string of the molecule is CC(C)[C@H](NC(=O)OC(C)(C)C)C(=O)OC(CF)C1CCN(Cc2ccccc2)C1=O. The van der Waals surface area contributed by atoms with E-state index in [2.05, 4.69) is 5.32 Å². The molecule has 1 aromatic rings. The highest BCUT2D eigenvalue weighted by atomic mass is 19.1. The molecule has 172 valence electrons. The average molecular weight is 437 g/mol. The molecule has 0 spiro atoms. The predicted molar refractivity (Wildman–Crippen MR) is 114 cm³/mol. The number of rotatable bonds is 8. The second kappa shape index (κ2) is 10.6. The van der Waals surface area contributed by atoms with Crippen molar-refractivity contribution in [1.29, 1.82) is 0 Å². The van der Waals surface area contributed by atoms with Crippen molar-refractivity contribution >= 4 is 18.0 Å². The largest absolute Gasteiger partial charge is 0.457 e. The summed E-state index contributed by atoms with van der Waals surface area (Å²) in [4.78, 5) is 39.2. The molecule has 8 heteroatoms. The summed E-state index contributed by atoms with van der Waals surface area (Å²) in [6, 6.07) is 8.51. The Labute approximate surface area is 183 Å². The number of ether oxygens (including phenoxy) is 2. The highest BCUT2D eigenvalue weighted by Gasteiger charge is 2.41. The van der Waals surface area contributed by atoms with Gasteiger partial charge in [-0.05, 0) is 38.7 Å². The maximum atomic E-state index is 13.8. The van der Waals surface area contributed by atoms with Gasteiger partial charge in [-0.25, -0.2) is 14.0 Å². The first kappa shape index (κ1) is 24.6. The second-order valence-electron chi connectivity index (χ2n) is 9.14. The van der Waals surface area contributed by atoms with Crippen molar-refractivity contribution in [3.05, 3.63) is 35.9 Å². The molecule has 2 rings (SSSR count). The van der Waals surface area contributed by atoms with Crippen LogP contribution in [0.4, 0.5) is 9.18 Å². The fourth-order valence-corrected chi connectivity index (χ4v) is 3.44. The van der Waals surface area contributed by atoms with Crippen LogP contribution in [0.5, 0.6) is 0 Å². The van der Waals surface area contributed by atoms with Gasteiger partial charge in [0.25, 0.3) is 0 Å². The minimum Gasteiger partial charge on any atom is -0.457 e. The zero-order chi connectivity index (χ0) is 23.2. The van der Waals surface area contributed by atoms with E-state index in [4.69, 9.17) is 9.47 Å². The van der Waals surface area contributed by atoms with E-state index in [0.717, 1.165) is 5.56 Å². The van der Waals surface area contributed by atoms with Gasteiger partial charge in [-0.2, -0.15) is 0 Å². The zero-order valence-electron chi connectivity index (χ0n) is 18.9. The maximum absolute atomic E-state index is 13.8. The van der Waals surface area contributed by atoms with Gasteiger partial charge < -0.3 is 19.7 Å². The number of nitrogens with one attached hydrogen (secondary N) is 1. The van der Waals surface area contributed by atoms with Crippen molar-refractivity contribution < 1.29 is 28.2 Å². The first-order valence-corrected chi connectivity index (χ1v) is 10.6. The molecule has 3 atom stereocenters. The number of carbonyl (C=O) groups excluding carboxylic acids is 3. The summed E-state index contributed by atoms with van der Waals surface area (Å²) in [5.74, 6) is -2.07. The first-order chi connectivity index (χ1) is 14.5. The smallest absolute Gasteiger partial charge is 0.408 e. The molecule has 2 amide bonds. The van der Waals surface area contributed by atoms with E-state index in [0.29, 0.717) is 19.5 Å². The van der Waals surface area contributed by atoms with Crippen LogP contribution in [0, 0.1) is 11.8 Å². The molecule has 7 nitrogen and oxygen atoms in total. The molecule has 0 aromatic heterocycles. The van der Waals surface area contributed by atoms with Crippen LogP contribution in [-0.4, -0.2) is 53.8 Å². The van der Waals surface area contributed by atoms with Gasteiger partial charge in [0.2, 0.25) is 5.91 Å². The van der Waals surface area contributed by atoms with Gasteiger partial charge in [0.05, 0.1) is 5.92 Å². The van der Waals surface area contributed by atoms with E-state index in [9.17, 15) is 18.8 Å². The summed E-state index contributed by atoms with van der Waals surface area (Å²) >= 11 is 0. The number of nitrogens with zero attached hydrogens (tertiary/aromatic N) is 1. The highest BCUT2D eigenvalue weighted by Crippen LogP contribution is 2.26. The molecular formula is C23H33FN2O5. The third-order valence-electron chi connectivity index (χ3n) is 5.02. The molecule has 0 radical (unpaired) electrons. The molecule has 0 saturated carbocycles. The van der Waals surface area contributed by atoms with Crippen LogP contribution in [0.3, 0.4) is 0 Å². The molecule has 1 aliphatic heterocycles. The Morgan fingerprint density at radius 3 is 2.42 bits per heavy atom. The summed E-state index contributed by atoms with van der Waals surface area (Å²) in [7, 11) is 0. The number of halogens is 1. The Kier molecular flexibility index (Phi) is 8.42. The molecule has 31 heavy (non-hydrogen) atoms. The van der Waals surface area contributed by atoms with Crippen molar-refractivity contribution in [2.75, 3.05) is 13.2 Å². The Balaban J connectivity index is 2.00. The zero-order valence-corrected chi connectivity index (χ0v) is 18.9. The van der Waals surface area contributed by atoms with Crippen molar-refractivity contribution in [2.45, 2.75) is 65.3 Å². The number of likely N-dealkylation sites (tertiary alicyclic amines) is 1. The third-order valence-corrected chi connectivity index (χ3v) is 5.02. The van der Waals surface area contributed by atoms with Crippen LogP contribution >= 0.6 is 0 Å². The number of benzene rings is 1.